The molecule has 1 unspecified atom stereocenters. The lowest BCUT2D eigenvalue weighted by Crippen LogP contribution is -2.36. The molecule has 0 aromatic carbocycles. The normalized spacial score (nSPS) is 22.6. The van der Waals surface area contributed by atoms with Gasteiger partial charge in [0.05, 0.1) is 6.54 Å². The maximum absolute atomic E-state index is 11.3. The molecule has 1 saturated heterocycles. The Bertz CT molecular complexity index is 185. The van der Waals surface area contributed by atoms with Gasteiger partial charge in [0.1, 0.15) is 0 Å². The summed E-state index contributed by atoms with van der Waals surface area (Å²) in [6.07, 6.45) is 1.99. The predicted octanol–water partition coefficient (Wildman–Crippen LogP) is -0.173. The van der Waals surface area contributed by atoms with E-state index in [1.807, 2.05) is 6.92 Å². The van der Waals surface area contributed by atoms with Gasteiger partial charge >= 0.3 is 0 Å². The van der Waals surface area contributed by atoms with Crippen molar-refractivity contribution in [2.75, 3.05) is 32.8 Å². The number of amides is 1. The summed E-state index contributed by atoms with van der Waals surface area (Å²) in [6, 6.07) is 0. The Morgan fingerprint density at radius 2 is 2.43 bits per heavy atom. The molecule has 0 radical (unpaired) electrons. The Morgan fingerprint density at radius 3 is 3.00 bits per heavy atom. The van der Waals surface area contributed by atoms with Crippen LogP contribution in [-0.4, -0.2) is 48.7 Å². The van der Waals surface area contributed by atoms with E-state index in [9.17, 15) is 4.79 Å². The van der Waals surface area contributed by atoms with E-state index >= 15 is 0 Å². The molecule has 1 atom stereocenters. The average molecular weight is 200 g/mol. The minimum atomic E-state index is 0.102. The van der Waals surface area contributed by atoms with E-state index in [2.05, 4.69) is 10.2 Å². The van der Waals surface area contributed by atoms with Crippen LogP contribution in [0.2, 0.25) is 0 Å². The maximum Gasteiger partial charge on any atom is 0.234 e. The van der Waals surface area contributed by atoms with Gasteiger partial charge in [0.2, 0.25) is 5.91 Å². The van der Waals surface area contributed by atoms with Crippen molar-refractivity contribution in [3.63, 3.8) is 0 Å². The molecule has 0 aromatic rings. The molecule has 0 aliphatic carbocycles. The molecule has 1 heterocycles. The van der Waals surface area contributed by atoms with Crippen molar-refractivity contribution in [1.29, 1.82) is 0 Å². The molecule has 0 spiro atoms. The lowest BCUT2D eigenvalue weighted by molar-refractivity contribution is -0.122. The fourth-order valence-corrected chi connectivity index (χ4v) is 1.73. The monoisotopic (exact) mass is 200 g/mol. The molecule has 14 heavy (non-hydrogen) atoms. The third kappa shape index (κ3) is 3.64. The summed E-state index contributed by atoms with van der Waals surface area (Å²) in [5, 5.41) is 11.8. The minimum absolute atomic E-state index is 0.102. The highest BCUT2D eigenvalue weighted by Gasteiger charge is 2.22. The van der Waals surface area contributed by atoms with Crippen molar-refractivity contribution in [3.8, 4) is 0 Å². The first-order chi connectivity index (χ1) is 6.76. The van der Waals surface area contributed by atoms with Gasteiger partial charge in [-0.25, -0.2) is 0 Å². The van der Waals surface area contributed by atoms with Crippen LogP contribution in [0.25, 0.3) is 0 Å². The molecule has 1 aliphatic rings. The summed E-state index contributed by atoms with van der Waals surface area (Å²) in [6.45, 7) is 5.32. The fraction of sp³-hybridized carbons (Fsp3) is 0.900. The van der Waals surface area contributed by atoms with Crippen molar-refractivity contribution in [3.05, 3.63) is 0 Å². The lowest BCUT2D eigenvalue weighted by Gasteiger charge is -2.14. The highest BCUT2D eigenvalue weighted by atomic mass is 16.3. The van der Waals surface area contributed by atoms with E-state index in [1.54, 1.807) is 0 Å². The van der Waals surface area contributed by atoms with Crippen LogP contribution < -0.4 is 5.32 Å². The summed E-state index contributed by atoms with van der Waals surface area (Å²) >= 11 is 0. The molecule has 1 aliphatic heterocycles. The number of likely N-dealkylation sites (tertiary alicyclic amines) is 1. The number of carbonyl (C=O) groups is 1. The lowest BCUT2D eigenvalue weighted by atomic mass is 10.1. The van der Waals surface area contributed by atoms with E-state index in [1.165, 1.54) is 0 Å². The van der Waals surface area contributed by atoms with Crippen LogP contribution in [0, 0.1) is 5.92 Å². The Labute approximate surface area is 85.3 Å². The summed E-state index contributed by atoms with van der Waals surface area (Å²) in [4.78, 5) is 13.4. The average Bonchev–Trinajstić information content (AvgIpc) is 2.62. The number of rotatable bonds is 5. The van der Waals surface area contributed by atoms with Crippen molar-refractivity contribution >= 4 is 5.91 Å². The molecule has 4 heteroatoms. The van der Waals surface area contributed by atoms with E-state index in [-0.39, 0.29) is 12.5 Å². The third-order valence-electron chi connectivity index (χ3n) is 2.57. The maximum atomic E-state index is 11.3. The zero-order valence-electron chi connectivity index (χ0n) is 8.83. The number of hydrogen-bond donors (Lipinski definition) is 2. The van der Waals surface area contributed by atoms with Crippen LogP contribution in [0.1, 0.15) is 19.8 Å². The number of carbonyl (C=O) groups excluding carboxylic acids is 1. The van der Waals surface area contributed by atoms with Gasteiger partial charge in [-0.1, -0.05) is 6.92 Å². The van der Waals surface area contributed by atoms with Crippen LogP contribution in [-0.2, 0) is 4.79 Å². The second kappa shape index (κ2) is 5.98. The zero-order valence-corrected chi connectivity index (χ0v) is 8.83. The molecule has 2 N–H and O–H groups in total. The van der Waals surface area contributed by atoms with Gasteiger partial charge in [-0.3, -0.25) is 9.69 Å². The van der Waals surface area contributed by atoms with E-state index in [0.29, 0.717) is 12.5 Å². The minimum Gasteiger partial charge on any atom is -0.396 e. The Hall–Kier alpha value is -0.610. The fourth-order valence-electron chi connectivity index (χ4n) is 1.73. The first-order valence-corrected chi connectivity index (χ1v) is 5.36. The van der Waals surface area contributed by atoms with Gasteiger partial charge in [-0.15, -0.1) is 0 Å². The first-order valence-electron chi connectivity index (χ1n) is 5.36. The van der Waals surface area contributed by atoms with Crippen LogP contribution >= 0.6 is 0 Å². The Kier molecular flexibility index (Phi) is 4.90. The second-order valence-electron chi connectivity index (χ2n) is 3.92. The quantitative estimate of drug-likeness (QED) is 0.647. The molecular weight excluding hydrogens is 180 g/mol. The van der Waals surface area contributed by atoms with E-state index < -0.39 is 0 Å². The number of nitrogens with zero attached hydrogens (tertiary/aromatic N) is 1. The van der Waals surface area contributed by atoms with Gasteiger partial charge in [0.25, 0.3) is 0 Å². The molecule has 0 saturated carbocycles. The summed E-state index contributed by atoms with van der Waals surface area (Å²) in [7, 11) is 0. The Balaban J connectivity index is 2.15. The standard InChI is InChI=1S/C10H20N2O2/c1-2-4-11-10(14)7-12-5-3-9(6-12)8-13/h9,13H,2-8H2,1H3,(H,11,14). The van der Waals surface area contributed by atoms with Gasteiger partial charge in [-0.2, -0.15) is 0 Å². The molecule has 0 aromatic heterocycles. The van der Waals surface area contributed by atoms with Gasteiger partial charge in [-0.05, 0) is 25.3 Å². The number of aliphatic hydroxyl groups excluding tert-OH is 1. The topological polar surface area (TPSA) is 52.6 Å². The zero-order chi connectivity index (χ0) is 10.4. The summed E-state index contributed by atoms with van der Waals surface area (Å²) in [5.41, 5.74) is 0. The largest absolute Gasteiger partial charge is 0.396 e. The van der Waals surface area contributed by atoms with Crippen LogP contribution in [0.3, 0.4) is 0 Å². The molecule has 1 rings (SSSR count). The molecule has 0 bridgehead atoms. The van der Waals surface area contributed by atoms with Gasteiger partial charge in [0.15, 0.2) is 0 Å². The summed E-state index contributed by atoms with van der Waals surface area (Å²) in [5.74, 6) is 0.472. The molecule has 82 valence electrons. The van der Waals surface area contributed by atoms with Crippen molar-refractivity contribution in [2.24, 2.45) is 5.92 Å². The second-order valence-corrected chi connectivity index (χ2v) is 3.92. The molecule has 1 fully saturated rings. The van der Waals surface area contributed by atoms with Crippen LogP contribution in [0.15, 0.2) is 0 Å². The highest BCUT2D eigenvalue weighted by molar-refractivity contribution is 5.77. The van der Waals surface area contributed by atoms with E-state index in [0.717, 1.165) is 32.5 Å². The van der Waals surface area contributed by atoms with Gasteiger partial charge < -0.3 is 10.4 Å². The van der Waals surface area contributed by atoms with Crippen LogP contribution in [0.4, 0.5) is 0 Å². The SMILES string of the molecule is CCCNC(=O)CN1CCC(CO)C1. The molecule has 4 nitrogen and oxygen atoms in total. The Morgan fingerprint density at radius 1 is 1.64 bits per heavy atom. The number of aliphatic hydroxyl groups is 1. The van der Waals surface area contributed by atoms with Crippen molar-refractivity contribution in [2.45, 2.75) is 19.8 Å². The van der Waals surface area contributed by atoms with Crippen molar-refractivity contribution in [1.82, 2.24) is 10.2 Å². The molecular formula is C10H20N2O2. The smallest absolute Gasteiger partial charge is 0.234 e. The van der Waals surface area contributed by atoms with Crippen molar-refractivity contribution < 1.29 is 9.90 Å². The van der Waals surface area contributed by atoms with Gasteiger partial charge in [0, 0.05) is 19.7 Å². The number of nitrogens with one attached hydrogen (secondary N) is 1. The van der Waals surface area contributed by atoms with E-state index in [4.69, 9.17) is 5.11 Å². The molecule has 1 amide bonds. The first kappa shape index (κ1) is 11.5. The third-order valence-corrected chi connectivity index (χ3v) is 2.57. The number of hydrogen-bond acceptors (Lipinski definition) is 3. The highest BCUT2D eigenvalue weighted by Crippen LogP contribution is 2.14. The summed E-state index contributed by atoms with van der Waals surface area (Å²) < 4.78 is 0. The van der Waals surface area contributed by atoms with Crippen LogP contribution in [0.5, 0.6) is 0 Å². The predicted molar refractivity (Wildman–Crippen MR) is 54.9 cm³/mol.